The van der Waals surface area contributed by atoms with Crippen molar-refractivity contribution in [1.29, 1.82) is 0 Å². The van der Waals surface area contributed by atoms with Crippen molar-refractivity contribution in [3.63, 3.8) is 0 Å². The summed E-state index contributed by atoms with van der Waals surface area (Å²) in [6.45, 7) is 3.35. The molecule has 1 fully saturated rings. The van der Waals surface area contributed by atoms with E-state index in [1.54, 1.807) is 36.4 Å². The van der Waals surface area contributed by atoms with Crippen LogP contribution in [-0.2, 0) is 6.42 Å². The summed E-state index contributed by atoms with van der Waals surface area (Å²) < 4.78 is 0. The van der Waals surface area contributed by atoms with Crippen LogP contribution in [0.5, 0.6) is 0 Å². The number of carbonyl (C=O) groups is 2. The molecule has 0 bridgehead atoms. The number of anilines is 3. The van der Waals surface area contributed by atoms with Gasteiger partial charge in [-0.25, -0.2) is 9.78 Å². The van der Waals surface area contributed by atoms with Gasteiger partial charge < -0.3 is 21.1 Å². The van der Waals surface area contributed by atoms with Gasteiger partial charge >= 0.3 is 6.09 Å². The van der Waals surface area contributed by atoms with E-state index in [0.717, 1.165) is 5.56 Å². The van der Waals surface area contributed by atoms with Crippen LogP contribution in [0.15, 0.2) is 72.9 Å². The third kappa shape index (κ3) is 4.90. The number of piperazine rings is 1. The molecule has 4 N–H and O–H groups in total. The quantitative estimate of drug-likeness (QED) is 0.516. The molecule has 1 saturated heterocycles. The molecule has 170 valence electrons. The van der Waals surface area contributed by atoms with Crippen LogP contribution in [0.4, 0.5) is 22.0 Å². The van der Waals surface area contributed by atoms with E-state index < -0.39 is 11.6 Å². The summed E-state index contributed by atoms with van der Waals surface area (Å²) in [6.07, 6.45) is 1.20. The number of benzene rings is 2. The van der Waals surface area contributed by atoms with Crippen LogP contribution in [-0.4, -0.2) is 52.2 Å². The number of rotatable bonds is 5. The van der Waals surface area contributed by atoms with Crippen LogP contribution >= 0.6 is 0 Å². The molecule has 1 aromatic heterocycles. The molecule has 4 rings (SSSR count). The van der Waals surface area contributed by atoms with E-state index in [0.29, 0.717) is 48.8 Å². The summed E-state index contributed by atoms with van der Waals surface area (Å²) in [4.78, 5) is 32.6. The topological polar surface area (TPSA) is 112 Å². The summed E-state index contributed by atoms with van der Waals surface area (Å²) in [5.41, 5.74) is 7.81. The van der Waals surface area contributed by atoms with Crippen LogP contribution in [0.2, 0.25) is 0 Å². The zero-order chi connectivity index (χ0) is 23.4. The largest absolute Gasteiger partial charge is 0.465 e. The third-order valence-corrected chi connectivity index (χ3v) is 5.98. The molecule has 2 aromatic carbocycles. The lowest BCUT2D eigenvalue weighted by atomic mass is 9.88. The molecule has 0 saturated carbocycles. The number of pyridine rings is 1. The van der Waals surface area contributed by atoms with Crippen molar-refractivity contribution in [2.75, 3.05) is 35.6 Å². The first-order valence-electron chi connectivity index (χ1n) is 10.8. The SMILES string of the molecule is C[C@@]1(Cc2ccccc2)CN(c2ccc(C(=O)Nc3ccccc3N)cn2)CCN1C(=O)O. The predicted octanol–water partition coefficient (Wildman–Crippen LogP) is 3.72. The third-order valence-electron chi connectivity index (χ3n) is 5.98. The van der Waals surface area contributed by atoms with E-state index in [4.69, 9.17) is 5.73 Å². The molecule has 0 radical (unpaired) electrons. The average Bonchev–Trinajstić information content (AvgIpc) is 2.80. The maximum atomic E-state index is 12.6. The minimum Gasteiger partial charge on any atom is -0.465 e. The second kappa shape index (κ2) is 9.20. The summed E-state index contributed by atoms with van der Waals surface area (Å²) in [7, 11) is 0. The van der Waals surface area contributed by atoms with E-state index in [2.05, 4.69) is 15.2 Å². The van der Waals surface area contributed by atoms with Crippen LogP contribution in [0.3, 0.4) is 0 Å². The minimum atomic E-state index is -0.923. The Hall–Kier alpha value is -4.07. The Bertz CT molecular complexity index is 1140. The Morgan fingerprint density at radius 3 is 2.45 bits per heavy atom. The number of nitrogens with two attached hydrogens (primary N) is 1. The van der Waals surface area contributed by atoms with Gasteiger partial charge in [0.2, 0.25) is 0 Å². The van der Waals surface area contributed by atoms with E-state index in [1.807, 2.05) is 37.3 Å². The number of carbonyl (C=O) groups excluding carboxylic acids is 1. The summed E-state index contributed by atoms with van der Waals surface area (Å²) >= 11 is 0. The molecule has 2 heterocycles. The van der Waals surface area contributed by atoms with Crippen molar-refractivity contribution >= 4 is 29.2 Å². The van der Waals surface area contributed by atoms with E-state index in [1.165, 1.54) is 11.1 Å². The van der Waals surface area contributed by atoms with Gasteiger partial charge in [0.1, 0.15) is 5.82 Å². The summed E-state index contributed by atoms with van der Waals surface area (Å²) in [5, 5.41) is 12.6. The fourth-order valence-electron chi connectivity index (χ4n) is 4.29. The van der Waals surface area contributed by atoms with E-state index >= 15 is 0 Å². The van der Waals surface area contributed by atoms with Gasteiger partial charge in [0.15, 0.2) is 0 Å². The average molecular weight is 446 g/mol. The highest BCUT2D eigenvalue weighted by Crippen LogP contribution is 2.29. The number of hydrogen-bond donors (Lipinski definition) is 3. The second-order valence-corrected chi connectivity index (χ2v) is 8.46. The molecule has 2 amide bonds. The second-order valence-electron chi connectivity index (χ2n) is 8.46. The van der Waals surface area contributed by atoms with Gasteiger partial charge in [-0.05, 0) is 43.2 Å². The first-order valence-corrected chi connectivity index (χ1v) is 10.8. The Kier molecular flexibility index (Phi) is 6.17. The Labute approximate surface area is 192 Å². The van der Waals surface area contributed by atoms with Crippen molar-refractivity contribution in [3.8, 4) is 0 Å². The smallest absolute Gasteiger partial charge is 0.407 e. The standard InChI is InChI=1S/C25H27N5O3/c1-25(15-18-7-3-2-4-8-18)17-29(13-14-30(25)24(32)33)22-12-11-19(16-27-22)23(31)28-21-10-6-5-9-20(21)26/h2-12,16H,13-15,17,26H2,1H3,(H,28,31)(H,32,33)/t25-/m1/s1. The molecular weight excluding hydrogens is 418 g/mol. The van der Waals surface area contributed by atoms with Crippen molar-refractivity contribution in [1.82, 2.24) is 9.88 Å². The van der Waals surface area contributed by atoms with Gasteiger partial charge in [-0.15, -0.1) is 0 Å². The predicted molar refractivity (Wildman–Crippen MR) is 129 cm³/mol. The van der Waals surface area contributed by atoms with Crippen LogP contribution in [0, 0.1) is 0 Å². The highest BCUT2D eigenvalue weighted by molar-refractivity contribution is 6.05. The monoisotopic (exact) mass is 445 g/mol. The molecular formula is C25H27N5O3. The molecule has 8 heteroatoms. The van der Waals surface area contributed by atoms with Gasteiger partial charge in [0.05, 0.1) is 22.5 Å². The Morgan fingerprint density at radius 2 is 1.79 bits per heavy atom. The van der Waals surface area contributed by atoms with Gasteiger partial charge in [-0.3, -0.25) is 9.69 Å². The molecule has 1 aliphatic rings. The van der Waals surface area contributed by atoms with Gasteiger partial charge in [0.25, 0.3) is 5.91 Å². The lowest BCUT2D eigenvalue weighted by molar-refractivity contribution is 0.0748. The molecule has 0 unspecified atom stereocenters. The summed E-state index contributed by atoms with van der Waals surface area (Å²) in [6, 6.07) is 20.5. The normalized spacial score (nSPS) is 18.1. The number of para-hydroxylation sites is 2. The number of amides is 2. The molecule has 1 aliphatic heterocycles. The number of nitrogen functional groups attached to an aromatic ring is 1. The molecule has 3 aromatic rings. The molecule has 0 aliphatic carbocycles. The van der Waals surface area contributed by atoms with Crippen molar-refractivity contribution in [3.05, 3.63) is 84.1 Å². The zero-order valence-corrected chi connectivity index (χ0v) is 18.4. The molecule has 0 spiro atoms. The van der Waals surface area contributed by atoms with Crippen molar-refractivity contribution in [2.24, 2.45) is 0 Å². The number of nitrogens with zero attached hydrogens (tertiary/aromatic N) is 3. The number of carboxylic acid groups (broad SMARTS) is 1. The number of nitrogens with one attached hydrogen (secondary N) is 1. The highest BCUT2D eigenvalue weighted by atomic mass is 16.4. The number of hydrogen-bond acceptors (Lipinski definition) is 5. The fourth-order valence-corrected chi connectivity index (χ4v) is 4.29. The first kappa shape index (κ1) is 22.1. The highest BCUT2D eigenvalue weighted by Gasteiger charge is 2.41. The van der Waals surface area contributed by atoms with Crippen LogP contribution < -0.4 is 16.0 Å². The summed E-state index contributed by atoms with van der Waals surface area (Å²) in [5.74, 6) is 0.409. The zero-order valence-electron chi connectivity index (χ0n) is 18.4. The number of aromatic nitrogens is 1. The molecule has 8 nitrogen and oxygen atoms in total. The minimum absolute atomic E-state index is 0.295. The van der Waals surface area contributed by atoms with Crippen molar-refractivity contribution < 1.29 is 14.7 Å². The molecule has 1 atom stereocenters. The van der Waals surface area contributed by atoms with Gasteiger partial charge in [0, 0.05) is 25.8 Å². The lowest BCUT2D eigenvalue weighted by Gasteiger charge is -2.48. The van der Waals surface area contributed by atoms with Crippen LogP contribution in [0.1, 0.15) is 22.8 Å². The van der Waals surface area contributed by atoms with E-state index in [-0.39, 0.29) is 5.91 Å². The lowest BCUT2D eigenvalue weighted by Crippen LogP contribution is -2.63. The molecule has 33 heavy (non-hydrogen) atoms. The Morgan fingerprint density at radius 1 is 1.06 bits per heavy atom. The van der Waals surface area contributed by atoms with Gasteiger partial charge in [-0.2, -0.15) is 0 Å². The maximum Gasteiger partial charge on any atom is 0.407 e. The fraction of sp³-hybridized carbons (Fsp3) is 0.240. The Balaban J connectivity index is 1.50. The maximum absolute atomic E-state index is 12.6. The first-order chi connectivity index (χ1) is 15.9. The van der Waals surface area contributed by atoms with E-state index in [9.17, 15) is 14.7 Å². The van der Waals surface area contributed by atoms with Crippen LogP contribution in [0.25, 0.3) is 0 Å². The van der Waals surface area contributed by atoms with Gasteiger partial charge in [-0.1, -0.05) is 42.5 Å². The van der Waals surface area contributed by atoms with Crippen molar-refractivity contribution in [2.45, 2.75) is 18.9 Å².